The lowest BCUT2D eigenvalue weighted by Crippen LogP contribution is -2.68. The van der Waals surface area contributed by atoms with E-state index in [9.17, 15) is 27.6 Å². The zero-order valence-corrected chi connectivity index (χ0v) is 16.3. The molecular weight excluding hydrogens is 413 g/mol. The van der Waals surface area contributed by atoms with Crippen molar-refractivity contribution in [1.82, 2.24) is 9.80 Å². The zero-order valence-electron chi connectivity index (χ0n) is 15.4. The van der Waals surface area contributed by atoms with Crippen molar-refractivity contribution in [1.29, 1.82) is 0 Å². The van der Waals surface area contributed by atoms with E-state index in [0.29, 0.717) is 15.9 Å². The molecule has 1 saturated heterocycles. The maximum absolute atomic E-state index is 14.7. The van der Waals surface area contributed by atoms with Crippen LogP contribution in [0.1, 0.15) is 6.92 Å². The fourth-order valence-corrected chi connectivity index (χ4v) is 3.04. The number of carbonyl (C=O) groups is 3. The Labute approximate surface area is 169 Å². The molecule has 0 saturated carbocycles. The van der Waals surface area contributed by atoms with Crippen molar-refractivity contribution in [2.24, 2.45) is 0 Å². The van der Waals surface area contributed by atoms with Gasteiger partial charge in [0.05, 0.1) is 17.9 Å². The molecule has 0 atom stereocenters. The predicted molar refractivity (Wildman–Crippen MR) is 99.3 cm³/mol. The lowest BCUT2D eigenvalue weighted by Gasteiger charge is -2.48. The third kappa shape index (κ3) is 2.93. The number of fused-ring (bicyclic) bond motifs is 1. The first kappa shape index (κ1) is 20.7. The second kappa shape index (κ2) is 6.48. The molecule has 1 aromatic rings. The van der Waals surface area contributed by atoms with Crippen LogP contribution in [0.4, 0.5) is 34.1 Å². The number of anilines is 2. The van der Waals surface area contributed by atoms with Gasteiger partial charge in [-0.05, 0) is 13.0 Å². The number of hydrogen-bond donors (Lipinski definition) is 1. The maximum Gasteiger partial charge on any atom is 0.483 e. The van der Waals surface area contributed by atoms with E-state index >= 15 is 0 Å². The summed E-state index contributed by atoms with van der Waals surface area (Å²) in [7, 11) is 2.69. The highest BCUT2D eigenvalue weighted by molar-refractivity contribution is 7.81. The zero-order chi connectivity index (χ0) is 21.9. The summed E-state index contributed by atoms with van der Waals surface area (Å²) in [5.74, 6) is -1.56. The van der Waals surface area contributed by atoms with Gasteiger partial charge in [-0.15, -0.1) is 19.1 Å². The van der Waals surface area contributed by atoms with Crippen molar-refractivity contribution < 1.29 is 32.3 Å². The van der Waals surface area contributed by atoms with Gasteiger partial charge in [0, 0.05) is 20.2 Å². The quantitative estimate of drug-likeness (QED) is 0.580. The molecule has 0 aliphatic carbocycles. The Bertz CT molecular complexity index is 954. The van der Waals surface area contributed by atoms with Crippen molar-refractivity contribution >= 4 is 42.0 Å². The molecular formula is C17H15F3N4O4S. The summed E-state index contributed by atoms with van der Waals surface area (Å²) in [6.45, 7) is 0.919. The third-order valence-electron chi connectivity index (χ3n) is 4.77. The number of alkyl halides is 2. The topological polar surface area (TPSA) is 73.4 Å². The number of nitrogens with zero attached hydrogens (tertiary/aromatic N) is 4. The van der Waals surface area contributed by atoms with Crippen LogP contribution in [0, 0.1) is 18.2 Å². The molecule has 3 rings (SSSR count). The molecule has 0 N–H and O–H groups in total. The first-order chi connectivity index (χ1) is 13.3. The van der Waals surface area contributed by atoms with Crippen LogP contribution in [0.5, 0.6) is 5.75 Å². The van der Waals surface area contributed by atoms with Gasteiger partial charge in [-0.2, -0.15) is 8.78 Å². The monoisotopic (exact) mass is 428 g/mol. The van der Waals surface area contributed by atoms with Crippen molar-refractivity contribution in [3.63, 3.8) is 0 Å². The Balaban J connectivity index is 2.16. The van der Waals surface area contributed by atoms with Gasteiger partial charge in [0.1, 0.15) is 0 Å². The molecule has 29 heavy (non-hydrogen) atoms. The van der Waals surface area contributed by atoms with Crippen molar-refractivity contribution in [2.45, 2.75) is 18.0 Å². The molecule has 0 aromatic heterocycles. The van der Waals surface area contributed by atoms with E-state index < -0.39 is 52.9 Å². The molecule has 5 amide bonds. The molecule has 8 nitrogen and oxygen atoms in total. The average molecular weight is 428 g/mol. The second-order valence-corrected chi connectivity index (χ2v) is 7.32. The van der Waals surface area contributed by atoms with E-state index in [1.165, 1.54) is 21.0 Å². The lowest BCUT2D eigenvalue weighted by atomic mass is 10.1. The minimum absolute atomic E-state index is 0.305. The van der Waals surface area contributed by atoms with Crippen LogP contribution in [-0.4, -0.2) is 59.5 Å². The number of imide groups is 1. The molecule has 154 valence electrons. The molecule has 0 bridgehead atoms. The third-order valence-corrected chi connectivity index (χ3v) is 5.37. The Hall–Kier alpha value is -3.07. The number of thiol groups is 1. The van der Waals surface area contributed by atoms with Gasteiger partial charge < -0.3 is 4.74 Å². The Kier molecular flexibility index (Phi) is 4.62. The normalized spacial score (nSPS) is 20.4. The van der Waals surface area contributed by atoms with Gasteiger partial charge in [0.15, 0.2) is 16.6 Å². The van der Waals surface area contributed by atoms with Crippen LogP contribution in [-0.2, 0) is 4.79 Å². The molecule has 0 radical (unpaired) electrons. The fraction of sp³-hybridized carbons (Fsp3) is 0.353. The Morgan fingerprint density at radius 2 is 1.69 bits per heavy atom. The lowest BCUT2D eigenvalue weighted by molar-refractivity contribution is -0.192. The van der Waals surface area contributed by atoms with Crippen LogP contribution in [0.25, 0.3) is 0 Å². The highest BCUT2D eigenvalue weighted by Crippen LogP contribution is 2.44. The molecule has 0 unspecified atom stereocenters. The number of urea groups is 2. The van der Waals surface area contributed by atoms with Gasteiger partial charge in [-0.3, -0.25) is 19.5 Å². The molecule has 2 aliphatic heterocycles. The SMILES string of the molecule is C#CCN1C(=O)C(F)(F)Oc2cc(F)c(N3C(=O)N(C)C(C)(S)N(C)C3=O)cc21. The summed E-state index contributed by atoms with van der Waals surface area (Å²) in [5, 5.41) is 0. The number of halogens is 3. The van der Waals surface area contributed by atoms with E-state index in [4.69, 9.17) is 6.42 Å². The van der Waals surface area contributed by atoms with E-state index in [1.54, 1.807) is 0 Å². The Morgan fingerprint density at radius 1 is 1.14 bits per heavy atom. The highest BCUT2D eigenvalue weighted by Gasteiger charge is 2.52. The van der Waals surface area contributed by atoms with E-state index in [1.807, 2.05) is 0 Å². The van der Waals surface area contributed by atoms with E-state index in [2.05, 4.69) is 23.3 Å². The summed E-state index contributed by atoms with van der Waals surface area (Å²) >= 11 is 4.27. The predicted octanol–water partition coefficient (Wildman–Crippen LogP) is 2.30. The molecule has 0 spiro atoms. The van der Waals surface area contributed by atoms with E-state index in [0.717, 1.165) is 15.9 Å². The van der Waals surface area contributed by atoms with Gasteiger partial charge >= 0.3 is 24.1 Å². The number of hydrogen-bond acceptors (Lipinski definition) is 5. The van der Waals surface area contributed by atoms with Gasteiger partial charge in [0.2, 0.25) is 0 Å². The summed E-state index contributed by atoms with van der Waals surface area (Å²) in [4.78, 5) is 39.3. The van der Waals surface area contributed by atoms with Gasteiger partial charge in [0.25, 0.3) is 0 Å². The highest BCUT2D eigenvalue weighted by atomic mass is 32.1. The number of amides is 5. The number of benzene rings is 1. The number of terminal acetylenes is 1. The van der Waals surface area contributed by atoms with Crippen molar-refractivity contribution in [3.8, 4) is 18.1 Å². The van der Waals surface area contributed by atoms with E-state index in [-0.39, 0.29) is 5.69 Å². The summed E-state index contributed by atoms with van der Waals surface area (Å²) in [6, 6.07) is -0.389. The summed E-state index contributed by atoms with van der Waals surface area (Å²) in [6.07, 6.45) is 0.897. The smallest absolute Gasteiger partial charge is 0.423 e. The molecule has 12 heteroatoms. The molecule has 1 aromatic carbocycles. The minimum Gasteiger partial charge on any atom is -0.423 e. The first-order valence-electron chi connectivity index (χ1n) is 8.08. The summed E-state index contributed by atoms with van der Waals surface area (Å²) < 4.78 is 46.7. The number of rotatable bonds is 2. The molecule has 1 fully saturated rings. The minimum atomic E-state index is -4.25. The summed E-state index contributed by atoms with van der Waals surface area (Å²) in [5.41, 5.74) is -0.870. The second-order valence-electron chi connectivity index (χ2n) is 6.48. The van der Waals surface area contributed by atoms with Crippen LogP contribution < -0.4 is 14.5 Å². The van der Waals surface area contributed by atoms with Gasteiger partial charge in [-0.25, -0.2) is 18.9 Å². The van der Waals surface area contributed by atoms with Gasteiger partial charge in [-0.1, -0.05) is 5.92 Å². The number of ether oxygens (including phenoxy) is 1. The maximum atomic E-state index is 14.7. The standard InChI is InChI=1S/C17H15F3N4O4S/c1-5-6-23-11-8-10(9(18)7-12(11)28-17(19,20)13(23)25)24-14(26)21(3)16(2,29)22(4)15(24)27/h1,7-8,29H,6H2,2-4H3. The average Bonchev–Trinajstić information content (AvgIpc) is 2.63. The largest absolute Gasteiger partial charge is 0.483 e. The molecule has 2 heterocycles. The van der Waals surface area contributed by atoms with Crippen molar-refractivity contribution in [3.05, 3.63) is 17.9 Å². The fourth-order valence-electron chi connectivity index (χ4n) is 2.87. The number of carbonyl (C=O) groups excluding carboxylic acids is 3. The van der Waals surface area contributed by atoms with Crippen molar-refractivity contribution in [2.75, 3.05) is 30.4 Å². The van der Waals surface area contributed by atoms with Crippen LogP contribution in [0.3, 0.4) is 0 Å². The first-order valence-corrected chi connectivity index (χ1v) is 8.53. The van der Waals surface area contributed by atoms with Crippen LogP contribution >= 0.6 is 12.6 Å². The Morgan fingerprint density at radius 3 is 2.21 bits per heavy atom. The van der Waals surface area contributed by atoms with Crippen LogP contribution in [0.2, 0.25) is 0 Å². The molecule has 2 aliphatic rings. The van der Waals surface area contributed by atoms with Crippen LogP contribution in [0.15, 0.2) is 12.1 Å².